The van der Waals surface area contributed by atoms with Gasteiger partial charge in [0.2, 0.25) is 0 Å². The molecule has 1 aliphatic carbocycles. The Morgan fingerprint density at radius 2 is 1.76 bits per heavy atom. The topological polar surface area (TPSA) is 84.9 Å². The number of dihydropyridines is 1. The van der Waals surface area contributed by atoms with Crippen molar-refractivity contribution in [3.8, 4) is 0 Å². The summed E-state index contributed by atoms with van der Waals surface area (Å²) < 4.78 is 52.1. The molecule has 1 aromatic carbocycles. The number of rotatable bonds is 4. The first kappa shape index (κ1) is 30.7. The van der Waals surface area contributed by atoms with Crippen LogP contribution in [0.2, 0.25) is 0 Å². The molecule has 1 atom stereocenters. The maximum absolute atomic E-state index is 13.6. The highest BCUT2D eigenvalue weighted by molar-refractivity contribution is 6.04. The van der Waals surface area contributed by atoms with Crippen LogP contribution in [0.25, 0.3) is 0 Å². The minimum absolute atomic E-state index is 0.00832. The largest absolute Gasteiger partial charge is 0.462 e. The Hall–Kier alpha value is -3.30. The maximum atomic E-state index is 13.6. The number of ketones is 1. The summed E-state index contributed by atoms with van der Waals surface area (Å²) in [6.45, 7) is 12.1. The Kier molecular flexibility index (Phi) is 8.35. The molecular weight excluding hydrogens is 537 g/mol. The molecule has 224 valence electrons. The van der Waals surface area contributed by atoms with Gasteiger partial charge in [0, 0.05) is 42.4 Å². The molecule has 2 aliphatic heterocycles. The number of halogens is 3. The number of amides is 1. The van der Waals surface area contributed by atoms with Crippen LogP contribution in [0.4, 0.5) is 18.0 Å². The van der Waals surface area contributed by atoms with Crippen molar-refractivity contribution in [3.05, 3.63) is 57.9 Å². The lowest BCUT2D eigenvalue weighted by molar-refractivity contribution is -0.141. The lowest BCUT2D eigenvalue weighted by Gasteiger charge is -2.39. The fraction of sp³-hybridized carbons (Fsp3) is 0.581. The van der Waals surface area contributed by atoms with Crippen LogP contribution in [0.1, 0.15) is 84.3 Å². The zero-order chi connectivity index (χ0) is 30.3. The van der Waals surface area contributed by atoms with E-state index in [9.17, 15) is 27.6 Å². The van der Waals surface area contributed by atoms with E-state index in [1.54, 1.807) is 32.6 Å². The average Bonchev–Trinajstić information content (AvgIpc) is 2.84. The van der Waals surface area contributed by atoms with Gasteiger partial charge in [-0.3, -0.25) is 4.79 Å². The monoisotopic (exact) mass is 576 g/mol. The highest BCUT2D eigenvalue weighted by atomic mass is 19.4. The molecular formula is C31H39F3N2O5. The van der Waals surface area contributed by atoms with Gasteiger partial charge < -0.3 is 19.7 Å². The van der Waals surface area contributed by atoms with E-state index in [0.717, 1.165) is 12.1 Å². The molecule has 7 nitrogen and oxygen atoms in total. The second-order valence-corrected chi connectivity index (χ2v) is 13.1. The van der Waals surface area contributed by atoms with Crippen LogP contribution in [-0.4, -0.2) is 48.0 Å². The molecule has 4 rings (SSSR count). The number of carbonyl (C=O) groups is 3. The summed E-state index contributed by atoms with van der Waals surface area (Å²) in [4.78, 5) is 41.0. The number of Topliss-reactive ketones (excluding diaryl/α,β-unsaturated/α-hetero) is 1. The molecule has 1 amide bonds. The zero-order valence-corrected chi connectivity index (χ0v) is 24.5. The van der Waals surface area contributed by atoms with E-state index in [2.05, 4.69) is 5.32 Å². The quantitative estimate of drug-likeness (QED) is 0.412. The summed E-state index contributed by atoms with van der Waals surface area (Å²) in [7, 11) is 0. The molecule has 0 spiro atoms. The summed E-state index contributed by atoms with van der Waals surface area (Å²) >= 11 is 0. The molecule has 2 heterocycles. The number of hydrogen-bond acceptors (Lipinski definition) is 6. The third kappa shape index (κ3) is 7.13. The van der Waals surface area contributed by atoms with Gasteiger partial charge in [0.05, 0.1) is 17.7 Å². The predicted molar refractivity (Wildman–Crippen MR) is 147 cm³/mol. The van der Waals surface area contributed by atoms with E-state index in [0.29, 0.717) is 49.3 Å². The maximum Gasteiger partial charge on any atom is 0.416 e. The van der Waals surface area contributed by atoms with Crippen molar-refractivity contribution in [2.45, 2.75) is 84.9 Å². The number of alkyl halides is 3. The van der Waals surface area contributed by atoms with Crippen LogP contribution >= 0.6 is 0 Å². The number of carbonyl (C=O) groups excluding carboxylic acids is 3. The summed E-state index contributed by atoms with van der Waals surface area (Å²) in [5.41, 5.74) is 0.0191. The highest BCUT2D eigenvalue weighted by Gasteiger charge is 2.44. The van der Waals surface area contributed by atoms with Crippen LogP contribution < -0.4 is 5.32 Å². The molecule has 0 aromatic heterocycles. The minimum atomic E-state index is -4.58. The Bertz CT molecular complexity index is 1280. The van der Waals surface area contributed by atoms with Gasteiger partial charge in [-0.2, -0.15) is 13.2 Å². The normalized spacial score (nSPS) is 21.8. The molecule has 10 heteroatoms. The number of piperidine rings is 1. The molecule has 0 radical (unpaired) electrons. The van der Waals surface area contributed by atoms with Crippen LogP contribution in [0.5, 0.6) is 0 Å². The van der Waals surface area contributed by atoms with Crippen LogP contribution in [0.3, 0.4) is 0 Å². The molecule has 1 aromatic rings. The number of hydrogen-bond donors (Lipinski definition) is 1. The molecule has 1 unspecified atom stereocenters. The Labute approximate surface area is 239 Å². The van der Waals surface area contributed by atoms with Gasteiger partial charge in [0.25, 0.3) is 0 Å². The van der Waals surface area contributed by atoms with Crippen molar-refractivity contribution >= 4 is 17.8 Å². The molecule has 1 fully saturated rings. The number of nitrogens with one attached hydrogen (secondary N) is 1. The Balaban J connectivity index is 1.55. The second-order valence-electron chi connectivity index (χ2n) is 13.1. The summed E-state index contributed by atoms with van der Waals surface area (Å²) in [5.74, 6) is -1.83. The van der Waals surface area contributed by atoms with Gasteiger partial charge in [-0.1, -0.05) is 32.0 Å². The second kappa shape index (κ2) is 11.2. The van der Waals surface area contributed by atoms with Crippen molar-refractivity contribution in [1.29, 1.82) is 0 Å². The first-order valence-corrected chi connectivity index (χ1v) is 14.0. The Morgan fingerprint density at radius 1 is 1.10 bits per heavy atom. The number of esters is 1. The highest BCUT2D eigenvalue weighted by Crippen LogP contribution is 2.47. The molecule has 41 heavy (non-hydrogen) atoms. The summed E-state index contributed by atoms with van der Waals surface area (Å²) in [5, 5.41) is 3.21. The van der Waals surface area contributed by atoms with Crippen LogP contribution in [0, 0.1) is 11.3 Å². The smallest absolute Gasteiger partial charge is 0.416 e. The zero-order valence-electron chi connectivity index (χ0n) is 24.5. The number of likely N-dealkylation sites (tertiary alicyclic amines) is 1. The van der Waals surface area contributed by atoms with Crippen LogP contribution in [0.15, 0.2) is 46.8 Å². The number of allylic oxidation sites excluding steroid dienone is 3. The van der Waals surface area contributed by atoms with Crippen molar-refractivity contribution in [2.75, 3.05) is 19.7 Å². The number of benzene rings is 1. The number of nitrogens with zero attached hydrogens (tertiary/aromatic N) is 1. The third-order valence-electron chi connectivity index (χ3n) is 7.72. The fourth-order valence-corrected chi connectivity index (χ4v) is 5.81. The van der Waals surface area contributed by atoms with E-state index < -0.39 is 29.2 Å². The summed E-state index contributed by atoms with van der Waals surface area (Å²) in [6, 6.07) is 4.81. The minimum Gasteiger partial charge on any atom is -0.462 e. The summed E-state index contributed by atoms with van der Waals surface area (Å²) in [6.07, 6.45) is -2.98. The molecule has 1 N–H and O–H groups in total. The lowest BCUT2D eigenvalue weighted by atomic mass is 9.68. The molecule has 0 saturated carbocycles. The lowest BCUT2D eigenvalue weighted by Crippen LogP contribution is -2.42. The first-order chi connectivity index (χ1) is 18.9. The standard InChI is InChI=1S/C31H39F3N2O5/c1-18-24(27(38)40-17-19-10-12-36(13-11-19)28(39)41-29(2,3)4)25(20-8-7-9-21(14-20)31(32,33)34)26-22(35-18)15-30(5,6)16-23(26)37/h7-9,14,19,25,35H,10-13,15-17H2,1-6H3. The van der Waals surface area contributed by atoms with Gasteiger partial charge in [-0.25, -0.2) is 9.59 Å². The fourth-order valence-electron chi connectivity index (χ4n) is 5.81. The van der Waals surface area contributed by atoms with Crippen LogP contribution in [-0.2, 0) is 25.2 Å². The first-order valence-electron chi connectivity index (χ1n) is 14.0. The van der Waals surface area contributed by atoms with Gasteiger partial charge in [0.1, 0.15) is 5.60 Å². The number of ether oxygens (including phenoxy) is 2. The van der Waals surface area contributed by atoms with Crippen molar-refractivity contribution in [3.63, 3.8) is 0 Å². The third-order valence-corrected chi connectivity index (χ3v) is 7.72. The van der Waals surface area contributed by atoms with Crippen molar-refractivity contribution < 1.29 is 37.0 Å². The predicted octanol–water partition coefficient (Wildman–Crippen LogP) is 6.50. The van der Waals surface area contributed by atoms with E-state index in [1.165, 1.54) is 12.1 Å². The van der Waals surface area contributed by atoms with Gasteiger partial charge in [0.15, 0.2) is 5.78 Å². The molecule has 1 saturated heterocycles. The van der Waals surface area contributed by atoms with E-state index in [4.69, 9.17) is 9.47 Å². The van der Waals surface area contributed by atoms with E-state index in [-0.39, 0.29) is 47.4 Å². The van der Waals surface area contributed by atoms with Gasteiger partial charge in [-0.05, 0) is 69.9 Å². The molecule has 0 bridgehead atoms. The van der Waals surface area contributed by atoms with E-state index >= 15 is 0 Å². The molecule has 3 aliphatic rings. The average molecular weight is 577 g/mol. The SMILES string of the molecule is CC1=C(C(=O)OCC2CCN(C(=O)OC(C)(C)C)CC2)C(c2cccc(C(F)(F)F)c2)C2=C(CC(C)(C)CC2=O)N1. The van der Waals surface area contributed by atoms with E-state index in [1.807, 2.05) is 13.8 Å². The Morgan fingerprint density at radius 3 is 2.37 bits per heavy atom. The van der Waals surface area contributed by atoms with Gasteiger partial charge in [-0.15, -0.1) is 0 Å². The van der Waals surface area contributed by atoms with Crippen molar-refractivity contribution in [2.24, 2.45) is 11.3 Å². The van der Waals surface area contributed by atoms with Gasteiger partial charge >= 0.3 is 18.2 Å². The van der Waals surface area contributed by atoms with Crippen molar-refractivity contribution in [1.82, 2.24) is 10.2 Å².